The lowest BCUT2D eigenvalue weighted by Gasteiger charge is -2.40. The van der Waals surface area contributed by atoms with Crippen LogP contribution in [0, 0.1) is 5.41 Å². The molecule has 0 bridgehead atoms. The largest absolute Gasteiger partial charge is 0.493 e. The number of nitrogens with zero attached hydrogens (tertiary/aromatic N) is 1. The van der Waals surface area contributed by atoms with Crippen LogP contribution in [-0.2, 0) is 11.2 Å². The summed E-state index contributed by atoms with van der Waals surface area (Å²) >= 11 is 0. The lowest BCUT2D eigenvalue weighted by atomic mass is 9.67. The van der Waals surface area contributed by atoms with Crippen LogP contribution in [0.5, 0.6) is 11.5 Å². The molecule has 1 fully saturated rings. The van der Waals surface area contributed by atoms with Crippen molar-refractivity contribution in [2.45, 2.75) is 39.0 Å². The Morgan fingerprint density at radius 3 is 2.48 bits per heavy atom. The normalized spacial score (nSPS) is 15.8. The number of methoxy groups -OCH3 is 3. The predicted octanol–water partition coefficient (Wildman–Crippen LogP) is 3.01. The first-order valence-corrected chi connectivity index (χ1v) is 9.88. The van der Waals surface area contributed by atoms with Crippen molar-refractivity contribution in [1.82, 2.24) is 10.6 Å². The molecule has 152 valence electrons. The van der Waals surface area contributed by atoms with Crippen LogP contribution in [0.15, 0.2) is 23.2 Å². The standard InChI is InChI=1S/C21H35N3O3/c1-5-22-20(24-16-21(10-6-11-21)12-14-25-2)23-13-9-17-7-8-18(26-3)19(15-17)27-4/h7-8,15H,5-6,9-14,16H2,1-4H3,(H2,22,23,24). The number of ether oxygens (including phenoxy) is 3. The van der Waals surface area contributed by atoms with Gasteiger partial charge < -0.3 is 24.8 Å². The van der Waals surface area contributed by atoms with Crippen LogP contribution >= 0.6 is 0 Å². The van der Waals surface area contributed by atoms with Crippen molar-refractivity contribution in [2.24, 2.45) is 10.4 Å². The second-order valence-electron chi connectivity index (χ2n) is 7.16. The monoisotopic (exact) mass is 377 g/mol. The van der Waals surface area contributed by atoms with Crippen LogP contribution in [0.3, 0.4) is 0 Å². The first-order valence-electron chi connectivity index (χ1n) is 9.88. The number of rotatable bonds is 11. The Bertz CT molecular complexity index is 600. The van der Waals surface area contributed by atoms with Gasteiger partial charge in [0.15, 0.2) is 17.5 Å². The highest BCUT2D eigenvalue weighted by atomic mass is 16.5. The third kappa shape index (κ3) is 6.31. The van der Waals surface area contributed by atoms with Gasteiger partial charge in [-0.15, -0.1) is 0 Å². The second kappa shape index (κ2) is 11.0. The van der Waals surface area contributed by atoms with Gasteiger partial charge >= 0.3 is 0 Å². The molecule has 0 amide bonds. The van der Waals surface area contributed by atoms with Gasteiger partial charge in [0.2, 0.25) is 0 Å². The van der Waals surface area contributed by atoms with Gasteiger partial charge in [0, 0.05) is 33.4 Å². The number of hydrogen-bond acceptors (Lipinski definition) is 4. The Morgan fingerprint density at radius 2 is 1.89 bits per heavy atom. The molecule has 0 aromatic heterocycles. The summed E-state index contributed by atoms with van der Waals surface area (Å²) in [5, 5.41) is 6.80. The highest BCUT2D eigenvalue weighted by Crippen LogP contribution is 2.44. The van der Waals surface area contributed by atoms with Crippen LogP contribution in [-0.4, -0.2) is 53.5 Å². The smallest absolute Gasteiger partial charge is 0.191 e. The minimum Gasteiger partial charge on any atom is -0.493 e. The predicted molar refractivity (Wildman–Crippen MR) is 110 cm³/mol. The first kappa shape index (κ1) is 21.4. The quantitative estimate of drug-likeness (QED) is 0.458. The highest BCUT2D eigenvalue weighted by molar-refractivity contribution is 5.79. The van der Waals surface area contributed by atoms with Gasteiger partial charge in [-0.25, -0.2) is 0 Å². The lowest BCUT2D eigenvalue weighted by molar-refractivity contribution is 0.0778. The van der Waals surface area contributed by atoms with Gasteiger partial charge in [-0.1, -0.05) is 12.5 Å². The van der Waals surface area contributed by atoms with Crippen LogP contribution < -0.4 is 20.1 Å². The molecule has 0 aliphatic heterocycles. The summed E-state index contributed by atoms with van der Waals surface area (Å²) in [7, 11) is 5.09. The molecule has 0 saturated heterocycles. The van der Waals surface area contributed by atoms with E-state index in [9.17, 15) is 0 Å². The van der Waals surface area contributed by atoms with E-state index in [1.165, 1.54) is 24.8 Å². The topological polar surface area (TPSA) is 64.1 Å². The van der Waals surface area contributed by atoms with Crippen LogP contribution in [0.25, 0.3) is 0 Å². The van der Waals surface area contributed by atoms with Crippen molar-refractivity contribution in [2.75, 3.05) is 47.6 Å². The molecule has 27 heavy (non-hydrogen) atoms. The fourth-order valence-electron chi connectivity index (χ4n) is 3.43. The van der Waals surface area contributed by atoms with E-state index in [1.807, 2.05) is 12.1 Å². The Labute approximate surface area is 163 Å². The second-order valence-corrected chi connectivity index (χ2v) is 7.16. The van der Waals surface area contributed by atoms with E-state index in [0.717, 1.165) is 56.5 Å². The molecule has 1 aliphatic carbocycles. The number of aliphatic imine (C=N–C) groups is 1. The minimum absolute atomic E-state index is 0.335. The third-order valence-corrected chi connectivity index (χ3v) is 5.32. The van der Waals surface area contributed by atoms with Gasteiger partial charge in [0.25, 0.3) is 0 Å². The Morgan fingerprint density at radius 1 is 1.11 bits per heavy atom. The number of nitrogens with one attached hydrogen (secondary N) is 2. The van der Waals surface area contributed by atoms with E-state index >= 15 is 0 Å². The Hall–Kier alpha value is -1.95. The highest BCUT2D eigenvalue weighted by Gasteiger charge is 2.36. The number of benzene rings is 1. The zero-order valence-electron chi connectivity index (χ0n) is 17.3. The molecule has 1 aliphatic rings. The lowest BCUT2D eigenvalue weighted by Crippen LogP contribution is -2.41. The molecule has 0 atom stereocenters. The maximum Gasteiger partial charge on any atom is 0.191 e. The van der Waals surface area contributed by atoms with Crippen molar-refractivity contribution >= 4 is 5.96 Å². The van der Waals surface area contributed by atoms with Gasteiger partial charge in [-0.2, -0.15) is 0 Å². The summed E-state index contributed by atoms with van der Waals surface area (Å²) < 4.78 is 16.0. The molecular weight excluding hydrogens is 342 g/mol. The molecule has 2 N–H and O–H groups in total. The van der Waals surface area contributed by atoms with Gasteiger partial charge in [-0.05, 0) is 55.7 Å². The summed E-state index contributed by atoms with van der Waals surface area (Å²) in [6.07, 6.45) is 5.80. The average Bonchev–Trinajstić information content (AvgIpc) is 2.66. The van der Waals surface area contributed by atoms with E-state index in [-0.39, 0.29) is 0 Å². The van der Waals surface area contributed by atoms with Gasteiger partial charge in [0.1, 0.15) is 0 Å². The molecule has 1 saturated carbocycles. The van der Waals surface area contributed by atoms with Crippen molar-refractivity contribution in [3.63, 3.8) is 0 Å². The summed E-state index contributed by atoms with van der Waals surface area (Å²) in [6, 6.07) is 6.05. The van der Waals surface area contributed by atoms with Crippen molar-refractivity contribution in [3.05, 3.63) is 23.8 Å². The summed E-state index contributed by atoms with van der Waals surface area (Å²) in [4.78, 5) is 4.85. The number of guanidine groups is 1. The average molecular weight is 378 g/mol. The molecule has 1 aromatic carbocycles. The zero-order valence-corrected chi connectivity index (χ0v) is 17.3. The SMILES string of the molecule is CCNC(=NCC1(CCOC)CCC1)NCCc1ccc(OC)c(OC)c1. The van der Waals surface area contributed by atoms with Gasteiger partial charge in [0.05, 0.1) is 14.2 Å². The summed E-state index contributed by atoms with van der Waals surface area (Å²) in [5.41, 5.74) is 1.54. The third-order valence-electron chi connectivity index (χ3n) is 5.32. The van der Waals surface area contributed by atoms with Crippen LogP contribution in [0.1, 0.15) is 38.2 Å². The van der Waals surface area contributed by atoms with Gasteiger partial charge in [-0.3, -0.25) is 4.99 Å². The minimum atomic E-state index is 0.335. The molecule has 0 radical (unpaired) electrons. The van der Waals surface area contributed by atoms with E-state index < -0.39 is 0 Å². The molecule has 6 heteroatoms. The van der Waals surface area contributed by atoms with E-state index in [2.05, 4.69) is 23.6 Å². The molecule has 0 unspecified atom stereocenters. The summed E-state index contributed by atoms with van der Waals surface area (Å²) in [6.45, 7) is 5.44. The Kier molecular flexibility index (Phi) is 8.72. The van der Waals surface area contributed by atoms with E-state index in [4.69, 9.17) is 19.2 Å². The first-order chi connectivity index (χ1) is 13.2. The van der Waals surface area contributed by atoms with Crippen LogP contribution in [0.4, 0.5) is 0 Å². The molecule has 2 rings (SSSR count). The maximum absolute atomic E-state index is 5.38. The number of hydrogen-bond donors (Lipinski definition) is 2. The van der Waals surface area contributed by atoms with E-state index in [1.54, 1.807) is 21.3 Å². The van der Waals surface area contributed by atoms with Crippen LogP contribution in [0.2, 0.25) is 0 Å². The van der Waals surface area contributed by atoms with Crippen molar-refractivity contribution in [3.8, 4) is 11.5 Å². The maximum atomic E-state index is 5.38. The molecule has 6 nitrogen and oxygen atoms in total. The zero-order chi connectivity index (χ0) is 19.5. The molecule has 1 aromatic rings. The fraction of sp³-hybridized carbons (Fsp3) is 0.667. The summed E-state index contributed by atoms with van der Waals surface area (Å²) in [5.74, 6) is 2.41. The molecular formula is C21H35N3O3. The van der Waals surface area contributed by atoms with E-state index in [0.29, 0.717) is 5.41 Å². The molecule has 0 heterocycles. The Balaban J connectivity index is 1.88. The van der Waals surface area contributed by atoms with Crippen molar-refractivity contribution in [1.29, 1.82) is 0 Å². The molecule has 0 spiro atoms. The fourth-order valence-corrected chi connectivity index (χ4v) is 3.43. The van der Waals surface area contributed by atoms with Crippen molar-refractivity contribution < 1.29 is 14.2 Å².